The zero-order valence-corrected chi connectivity index (χ0v) is 9.30. The Bertz CT molecular complexity index is 313. The minimum absolute atomic E-state index is 0.00250. The molecule has 82 valence electrons. The monoisotopic (exact) mass is 220 g/mol. The van der Waals surface area contributed by atoms with Crippen molar-refractivity contribution < 1.29 is 13.2 Å². The van der Waals surface area contributed by atoms with Crippen molar-refractivity contribution in [1.29, 1.82) is 0 Å². The van der Waals surface area contributed by atoms with Gasteiger partial charge in [-0.05, 0) is 13.5 Å². The number of carbonyl (C=O) groups is 1. The van der Waals surface area contributed by atoms with Crippen molar-refractivity contribution in [3.63, 3.8) is 0 Å². The standard InChI is InChI=1S/C8H16N2O3S/c1-9-8(11)5-10(2)7-3-4-14(12,13)6-7/h7H,3-6H2,1-2H3,(H,9,11)/t7-/m1/s1. The highest BCUT2D eigenvalue weighted by Gasteiger charge is 2.30. The van der Waals surface area contributed by atoms with Gasteiger partial charge in [0.25, 0.3) is 0 Å². The molecule has 5 nitrogen and oxygen atoms in total. The van der Waals surface area contributed by atoms with Crippen LogP contribution in [0.5, 0.6) is 0 Å². The zero-order chi connectivity index (χ0) is 10.8. The maximum atomic E-state index is 11.2. The van der Waals surface area contributed by atoms with Gasteiger partial charge in [0.2, 0.25) is 5.91 Å². The molecule has 1 saturated heterocycles. The van der Waals surface area contributed by atoms with Gasteiger partial charge in [-0.1, -0.05) is 0 Å². The van der Waals surface area contributed by atoms with Crippen molar-refractivity contribution in [1.82, 2.24) is 10.2 Å². The largest absolute Gasteiger partial charge is 0.358 e. The predicted molar refractivity (Wildman–Crippen MR) is 53.8 cm³/mol. The average Bonchev–Trinajstić information content (AvgIpc) is 2.46. The summed E-state index contributed by atoms with van der Waals surface area (Å²) in [6.45, 7) is 0.261. The molecule has 0 aromatic rings. The molecular formula is C8H16N2O3S. The first-order valence-electron chi connectivity index (χ1n) is 4.56. The number of sulfone groups is 1. The third-order valence-corrected chi connectivity index (χ3v) is 4.25. The number of likely N-dealkylation sites (N-methyl/N-ethyl adjacent to an activating group) is 2. The van der Waals surface area contributed by atoms with Gasteiger partial charge in [0, 0.05) is 13.1 Å². The summed E-state index contributed by atoms with van der Waals surface area (Å²) < 4.78 is 22.3. The van der Waals surface area contributed by atoms with Crippen molar-refractivity contribution >= 4 is 15.7 Å². The van der Waals surface area contributed by atoms with Crippen molar-refractivity contribution in [3.05, 3.63) is 0 Å². The van der Waals surface area contributed by atoms with E-state index in [1.165, 1.54) is 0 Å². The normalized spacial score (nSPS) is 25.2. The number of hydrogen-bond donors (Lipinski definition) is 1. The minimum Gasteiger partial charge on any atom is -0.358 e. The van der Waals surface area contributed by atoms with Crippen molar-refractivity contribution in [2.24, 2.45) is 0 Å². The van der Waals surface area contributed by atoms with Gasteiger partial charge < -0.3 is 5.32 Å². The van der Waals surface area contributed by atoms with E-state index in [0.717, 1.165) is 0 Å². The van der Waals surface area contributed by atoms with Crippen LogP contribution in [0.15, 0.2) is 0 Å². The Labute approximate surface area is 84.4 Å². The number of nitrogens with zero attached hydrogens (tertiary/aromatic N) is 1. The Kier molecular flexibility index (Phi) is 3.49. The summed E-state index contributed by atoms with van der Waals surface area (Å²) in [5, 5.41) is 2.51. The minimum atomic E-state index is -2.86. The lowest BCUT2D eigenvalue weighted by Crippen LogP contribution is -2.40. The van der Waals surface area contributed by atoms with Crippen LogP contribution in [0.1, 0.15) is 6.42 Å². The molecule has 1 fully saturated rings. The fraction of sp³-hybridized carbons (Fsp3) is 0.875. The maximum Gasteiger partial charge on any atom is 0.233 e. The molecule has 1 N–H and O–H groups in total. The van der Waals surface area contributed by atoms with Crippen LogP contribution in [-0.4, -0.2) is 57.4 Å². The van der Waals surface area contributed by atoms with E-state index >= 15 is 0 Å². The third-order valence-electron chi connectivity index (χ3n) is 2.50. The van der Waals surface area contributed by atoms with E-state index in [4.69, 9.17) is 0 Å². The first kappa shape index (κ1) is 11.5. The van der Waals surface area contributed by atoms with Gasteiger partial charge in [-0.25, -0.2) is 8.42 Å². The summed E-state index contributed by atoms with van der Waals surface area (Å²) in [5.74, 6) is 0.341. The zero-order valence-electron chi connectivity index (χ0n) is 8.49. The highest BCUT2D eigenvalue weighted by atomic mass is 32.2. The smallest absolute Gasteiger partial charge is 0.233 e. The van der Waals surface area contributed by atoms with E-state index in [9.17, 15) is 13.2 Å². The Hall–Kier alpha value is -0.620. The molecule has 1 aliphatic rings. The van der Waals surface area contributed by atoms with Gasteiger partial charge in [0.05, 0.1) is 18.1 Å². The van der Waals surface area contributed by atoms with Crippen LogP contribution in [0.25, 0.3) is 0 Å². The Morgan fingerprint density at radius 2 is 2.21 bits per heavy atom. The summed E-state index contributed by atoms with van der Waals surface area (Å²) in [5.41, 5.74) is 0. The Morgan fingerprint density at radius 3 is 2.64 bits per heavy atom. The van der Waals surface area contributed by atoms with Crippen LogP contribution in [0, 0.1) is 0 Å². The van der Waals surface area contributed by atoms with Crippen molar-refractivity contribution in [2.45, 2.75) is 12.5 Å². The van der Waals surface area contributed by atoms with Crippen LogP contribution in [0.3, 0.4) is 0 Å². The van der Waals surface area contributed by atoms with Gasteiger partial charge in [-0.15, -0.1) is 0 Å². The predicted octanol–water partition coefficient (Wildman–Crippen LogP) is -1.15. The van der Waals surface area contributed by atoms with Crippen molar-refractivity contribution in [3.8, 4) is 0 Å². The second kappa shape index (κ2) is 4.27. The summed E-state index contributed by atoms with van der Waals surface area (Å²) >= 11 is 0. The van der Waals surface area contributed by atoms with Crippen LogP contribution in [0.2, 0.25) is 0 Å². The highest BCUT2D eigenvalue weighted by molar-refractivity contribution is 7.91. The molecule has 0 aliphatic carbocycles. The molecule has 0 saturated carbocycles. The lowest BCUT2D eigenvalue weighted by atomic mass is 10.2. The van der Waals surface area contributed by atoms with E-state index in [2.05, 4.69) is 5.32 Å². The summed E-state index contributed by atoms with van der Waals surface area (Å²) in [7, 11) is 0.493. The molecule has 0 unspecified atom stereocenters. The Balaban J connectivity index is 2.47. The van der Waals surface area contributed by atoms with Gasteiger partial charge in [0.15, 0.2) is 9.84 Å². The summed E-state index contributed by atoms with van der Waals surface area (Å²) in [6.07, 6.45) is 0.635. The number of hydrogen-bond acceptors (Lipinski definition) is 4. The van der Waals surface area contributed by atoms with Crippen LogP contribution in [0.4, 0.5) is 0 Å². The fourth-order valence-electron chi connectivity index (χ4n) is 1.56. The number of nitrogens with one attached hydrogen (secondary N) is 1. The number of carbonyl (C=O) groups excluding carboxylic acids is 1. The first-order valence-corrected chi connectivity index (χ1v) is 6.38. The molecule has 0 spiro atoms. The second-order valence-corrected chi connectivity index (χ2v) is 5.87. The van der Waals surface area contributed by atoms with E-state index in [1.54, 1.807) is 19.0 Å². The van der Waals surface area contributed by atoms with Gasteiger partial charge in [-0.2, -0.15) is 0 Å². The van der Waals surface area contributed by atoms with E-state index in [-0.39, 0.29) is 30.0 Å². The topological polar surface area (TPSA) is 66.5 Å². The van der Waals surface area contributed by atoms with Gasteiger partial charge >= 0.3 is 0 Å². The van der Waals surface area contributed by atoms with E-state index in [0.29, 0.717) is 6.42 Å². The molecule has 1 atom stereocenters. The molecule has 0 bridgehead atoms. The molecule has 0 aromatic heterocycles. The lowest BCUT2D eigenvalue weighted by Gasteiger charge is -2.21. The third kappa shape index (κ3) is 2.95. The molecule has 1 rings (SSSR count). The number of rotatable bonds is 3. The quantitative estimate of drug-likeness (QED) is 0.652. The molecule has 1 heterocycles. The van der Waals surface area contributed by atoms with Crippen LogP contribution >= 0.6 is 0 Å². The van der Waals surface area contributed by atoms with Gasteiger partial charge in [0.1, 0.15) is 0 Å². The lowest BCUT2D eigenvalue weighted by molar-refractivity contribution is -0.121. The van der Waals surface area contributed by atoms with E-state index in [1.807, 2.05) is 0 Å². The van der Waals surface area contributed by atoms with Crippen LogP contribution < -0.4 is 5.32 Å². The molecule has 6 heteroatoms. The molecule has 14 heavy (non-hydrogen) atoms. The first-order chi connectivity index (χ1) is 6.44. The second-order valence-electron chi connectivity index (χ2n) is 3.65. The molecular weight excluding hydrogens is 204 g/mol. The maximum absolute atomic E-state index is 11.2. The molecule has 0 radical (unpaired) electrons. The molecule has 1 amide bonds. The molecule has 0 aromatic carbocycles. The number of amides is 1. The average molecular weight is 220 g/mol. The highest BCUT2D eigenvalue weighted by Crippen LogP contribution is 2.15. The molecule has 1 aliphatic heterocycles. The van der Waals surface area contributed by atoms with Crippen molar-refractivity contribution in [2.75, 3.05) is 32.1 Å². The van der Waals surface area contributed by atoms with E-state index < -0.39 is 9.84 Å². The van der Waals surface area contributed by atoms with Gasteiger partial charge in [-0.3, -0.25) is 9.69 Å². The SMILES string of the molecule is CNC(=O)CN(C)[C@@H]1CCS(=O)(=O)C1. The Morgan fingerprint density at radius 1 is 1.57 bits per heavy atom. The summed E-state index contributed by atoms with van der Waals surface area (Å²) in [4.78, 5) is 12.8. The summed E-state index contributed by atoms with van der Waals surface area (Å²) in [6, 6.07) is -0.00250. The fourth-order valence-corrected chi connectivity index (χ4v) is 3.36. The van der Waals surface area contributed by atoms with Crippen LogP contribution in [-0.2, 0) is 14.6 Å².